The van der Waals surface area contributed by atoms with Crippen molar-refractivity contribution in [3.05, 3.63) is 29.3 Å². The highest BCUT2D eigenvalue weighted by Gasteiger charge is 2.56. The van der Waals surface area contributed by atoms with Crippen molar-refractivity contribution in [3.63, 3.8) is 0 Å². The first-order valence-corrected chi connectivity index (χ1v) is 8.61. The molecule has 0 radical (unpaired) electrons. The lowest BCUT2D eigenvalue weighted by Gasteiger charge is -2.20. The summed E-state index contributed by atoms with van der Waals surface area (Å²) in [6.45, 7) is 8.93. The van der Waals surface area contributed by atoms with Gasteiger partial charge >= 0.3 is 0 Å². The van der Waals surface area contributed by atoms with E-state index >= 15 is 0 Å². The minimum absolute atomic E-state index is 0.122. The molecule has 1 saturated carbocycles. The highest BCUT2D eigenvalue weighted by molar-refractivity contribution is 6.13. The second-order valence-electron chi connectivity index (χ2n) is 6.84. The van der Waals surface area contributed by atoms with Crippen molar-refractivity contribution in [2.75, 3.05) is 11.9 Å². The minimum atomic E-state index is -0.857. The number of unbranched alkanes of at least 4 members (excludes halogenated alkanes) is 1. The van der Waals surface area contributed by atoms with E-state index in [1.54, 1.807) is 0 Å². The molecule has 0 atom stereocenters. The van der Waals surface area contributed by atoms with Crippen molar-refractivity contribution in [2.24, 2.45) is 5.41 Å². The number of nitrogens with one attached hydrogen (secondary N) is 2. The minimum Gasteiger partial charge on any atom is -0.355 e. The summed E-state index contributed by atoms with van der Waals surface area (Å²) >= 11 is 0. The van der Waals surface area contributed by atoms with Crippen LogP contribution in [0, 0.1) is 12.3 Å². The topological polar surface area (TPSA) is 58.2 Å². The summed E-state index contributed by atoms with van der Waals surface area (Å²) in [4.78, 5) is 25.1. The molecule has 0 heterocycles. The van der Waals surface area contributed by atoms with Gasteiger partial charge < -0.3 is 10.6 Å². The highest BCUT2D eigenvalue weighted by Crippen LogP contribution is 2.47. The van der Waals surface area contributed by atoms with Crippen LogP contribution in [-0.4, -0.2) is 18.4 Å². The second-order valence-corrected chi connectivity index (χ2v) is 6.84. The maximum Gasteiger partial charge on any atom is 0.240 e. The normalized spacial score (nSPS) is 15.3. The molecule has 0 aromatic heterocycles. The molecular weight excluding hydrogens is 288 g/mol. The second kappa shape index (κ2) is 7.16. The molecule has 0 bridgehead atoms. The van der Waals surface area contributed by atoms with Gasteiger partial charge in [0.1, 0.15) is 5.41 Å². The van der Waals surface area contributed by atoms with Crippen LogP contribution in [-0.2, 0) is 9.59 Å². The van der Waals surface area contributed by atoms with Gasteiger partial charge in [0.05, 0.1) is 0 Å². The Labute approximate surface area is 139 Å². The van der Waals surface area contributed by atoms with Crippen LogP contribution in [0.25, 0.3) is 0 Å². The van der Waals surface area contributed by atoms with Gasteiger partial charge in [-0.2, -0.15) is 0 Å². The Bertz CT molecular complexity index is 589. The van der Waals surface area contributed by atoms with E-state index in [0.717, 1.165) is 29.7 Å². The summed E-state index contributed by atoms with van der Waals surface area (Å²) in [7, 11) is 0. The Morgan fingerprint density at radius 3 is 2.48 bits per heavy atom. The number of para-hydroxylation sites is 1. The van der Waals surface area contributed by atoms with Crippen molar-refractivity contribution in [3.8, 4) is 0 Å². The Balaban J connectivity index is 2.12. The van der Waals surface area contributed by atoms with Gasteiger partial charge in [0.25, 0.3) is 0 Å². The summed E-state index contributed by atoms with van der Waals surface area (Å²) in [5.74, 6) is 0.0320. The van der Waals surface area contributed by atoms with E-state index in [2.05, 4.69) is 31.4 Å². The molecule has 1 aromatic rings. The largest absolute Gasteiger partial charge is 0.355 e. The zero-order valence-corrected chi connectivity index (χ0v) is 14.7. The number of anilines is 1. The van der Waals surface area contributed by atoms with Crippen LogP contribution in [0.15, 0.2) is 18.2 Å². The molecule has 4 nitrogen and oxygen atoms in total. The van der Waals surface area contributed by atoms with Crippen molar-refractivity contribution in [2.45, 2.75) is 59.3 Å². The number of carbonyl (C=O) groups excluding carboxylic acids is 2. The van der Waals surface area contributed by atoms with E-state index in [1.165, 1.54) is 0 Å². The lowest BCUT2D eigenvalue weighted by Crippen LogP contribution is -2.40. The predicted octanol–water partition coefficient (Wildman–Crippen LogP) is 3.75. The first-order valence-electron chi connectivity index (χ1n) is 8.61. The number of rotatable bonds is 7. The zero-order valence-electron chi connectivity index (χ0n) is 14.7. The van der Waals surface area contributed by atoms with Crippen LogP contribution in [0.2, 0.25) is 0 Å². The molecule has 0 aliphatic heterocycles. The Hall–Kier alpha value is -1.84. The van der Waals surface area contributed by atoms with Crippen LogP contribution >= 0.6 is 0 Å². The monoisotopic (exact) mass is 316 g/mol. The molecule has 1 aromatic carbocycles. The van der Waals surface area contributed by atoms with E-state index in [0.29, 0.717) is 25.3 Å². The van der Waals surface area contributed by atoms with E-state index in [1.807, 2.05) is 25.1 Å². The summed E-state index contributed by atoms with van der Waals surface area (Å²) in [5, 5.41) is 5.94. The number of amides is 2. The molecule has 2 amide bonds. The van der Waals surface area contributed by atoms with Gasteiger partial charge in [-0.15, -0.1) is 0 Å². The van der Waals surface area contributed by atoms with Crippen molar-refractivity contribution in [1.82, 2.24) is 5.32 Å². The zero-order chi connectivity index (χ0) is 17.0. The van der Waals surface area contributed by atoms with Gasteiger partial charge in [0.15, 0.2) is 0 Å². The fraction of sp³-hybridized carbons (Fsp3) is 0.579. The van der Waals surface area contributed by atoms with Crippen LogP contribution < -0.4 is 10.6 Å². The van der Waals surface area contributed by atoms with E-state index in [4.69, 9.17) is 0 Å². The first-order chi connectivity index (χ1) is 10.9. The van der Waals surface area contributed by atoms with Gasteiger partial charge in [-0.1, -0.05) is 45.4 Å². The number of aryl methyl sites for hydroxylation is 1. The van der Waals surface area contributed by atoms with E-state index < -0.39 is 5.41 Å². The van der Waals surface area contributed by atoms with Crippen LogP contribution in [0.1, 0.15) is 63.5 Å². The van der Waals surface area contributed by atoms with Crippen molar-refractivity contribution >= 4 is 17.5 Å². The number of carbonyl (C=O) groups is 2. The summed E-state index contributed by atoms with van der Waals surface area (Å²) in [5.41, 5.74) is 2.15. The molecule has 0 saturated heterocycles. The van der Waals surface area contributed by atoms with E-state index in [-0.39, 0.29) is 11.8 Å². The molecule has 23 heavy (non-hydrogen) atoms. The molecule has 2 rings (SSSR count). The lowest BCUT2D eigenvalue weighted by molar-refractivity contribution is -0.134. The van der Waals surface area contributed by atoms with Gasteiger partial charge in [-0.3, -0.25) is 9.59 Å². The lowest BCUT2D eigenvalue weighted by atomic mass is 9.97. The van der Waals surface area contributed by atoms with Crippen LogP contribution in [0.5, 0.6) is 0 Å². The molecule has 4 heteroatoms. The molecule has 1 aliphatic carbocycles. The number of hydrogen-bond donors (Lipinski definition) is 2. The quantitative estimate of drug-likeness (QED) is 0.594. The molecule has 1 fully saturated rings. The average molecular weight is 316 g/mol. The smallest absolute Gasteiger partial charge is 0.240 e. The number of hydrogen-bond acceptors (Lipinski definition) is 2. The molecule has 0 unspecified atom stereocenters. The van der Waals surface area contributed by atoms with Crippen molar-refractivity contribution in [1.29, 1.82) is 0 Å². The Kier molecular flexibility index (Phi) is 5.45. The Morgan fingerprint density at radius 1 is 1.22 bits per heavy atom. The molecule has 126 valence electrons. The standard InChI is InChI=1S/C19H28N2O2/c1-5-6-12-20-17(22)19(10-11-19)18(23)21-16-14(4)8-7-9-15(16)13(2)3/h7-9,13H,5-6,10-12H2,1-4H3,(H,20,22)(H,21,23). The summed E-state index contributed by atoms with van der Waals surface area (Å²) in [6, 6.07) is 6.03. The third-order valence-corrected chi connectivity index (χ3v) is 4.60. The third kappa shape index (κ3) is 3.74. The predicted molar refractivity (Wildman–Crippen MR) is 93.5 cm³/mol. The summed E-state index contributed by atoms with van der Waals surface area (Å²) in [6.07, 6.45) is 3.25. The fourth-order valence-corrected chi connectivity index (χ4v) is 2.81. The average Bonchev–Trinajstić information content (AvgIpc) is 3.31. The van der Waals surface area contributed by atoms with Crippen LogP contribution in [0.4, 0.5) is 5.69 Å². The fourth-order valence-electron chi connectivity index (χ4n) is 2.81. The van der Waals surface area contributed by atoms with Gasteiger partial charge in [0.2, 0.25) is 11.8 Å². The molecular formula is C19H28N2O2. The van der Waals surface area contributed by atoms with Crippen molar-refractivity contribution < 1.29 is 9.59 Å². The van der Waals surface area contributed by atoms with Gasteiger partial charge in [0, 0.05) is 12.2 Å². The maximum atomic E-state index is 12.7. The number of benzene rings is 1. The van der Waals surface area contributed by atoms with Gasteiger partial charge in [-0.25, -0.2) is 0 Å². The van der Waals surface area contributed by atoms with Crippen LogP contribution in [0.3, 0.4) is 0 Å². The summed E-state index contributed by atoms with van der Waals surface area (Å²) < 4.78 is 0. The first kappa shape index (κ1) is 17.5. The maximum absolute atomic E-state index is 12.7. The molecule has 2 N–H and O–H groups in total. The SMILES string of the molecule is CCCCNC(=O)C1(C(=O)Nc2c(C)cccc2C(C)C)CC1. The van der Waals surface area contributed by atoms with E-state index in [9.17, 15) is 9.59 Å². The van der Waals surface area contributed by atoms with Gasteiger partial charge in [-0.05, 0) is 43.2 Å². The highest BCUT2D eigenvalue weighted by atomic mass is 16.2. The molecule has 0 spiro atoms. The third-order valence-electron chi connectivity index (χ3n) is 4.60. The molecule has 1 aliphatic rings. The Morgan fingerprint density at radius 2 is 1.91 bits per heavy atom.